The number of hydrogen-bond acceptors (Lipinski definition) is 3. The van der Waals surface area contributed by atoms with Gasteiger partial charge in [-0.3, -0.25) is 4.79 Å². The number of rotatable bonds is 3. The molecule has 1 saturated heterocycles. The monoisotopic (exact) mass is 378 g/mol. The summed E-state index contributed by atoms with van der Waals surface area (Å²) in [5.41, 5.74) is 4.41. The Morgan fingerprint density at radius 3 is 2.66 bits per heavy atom. The van der Waals surface area contributed by atoms with Crippen LogP contribution in [0.1, 0.15) is 30.0 Å². The molecular formula is C24H18N4O. The maximum absolute atomic E-state index is 12.7. The van der Waals surface area contributed by atoms with Crippen molar-refractivity contribution in [2.45, 2.75) is 18.9 Å². The molecule has 29 heavy (non-hydrogen) atoms. The fourth-order valence-electron chi connectivity index (χ4n) is 4.08. The van der Waals surface area contributed by atoms with Gasteiger partial charge in [0.05, 0.1) is 35.1 Å². The Kier molecular flexibility index (Phi) is 4.10. The lowest BCUT2D eigenvalue weighted by Crippen LogP contribution is -2.27. The molecule has 0 aliphatic carbocycles. The van der Waals surface area contributed by atoms with Crippen LogP contribution in [0.5, 0.6) is 0 Å². The molecule has 1 atom stereocenters. The van der Waals surface area contributed by atoms with Crippen molar-refractivity contribution in [1.82, 2.24) is 9.78 Å². The van der Waals surface area contributed by atoms with Crippen molar-refractivity contribution >= 4 is 22.5 Å². The number of aromatic nitrogens is 2. The minimum Gasteiger partial charge on any atom is -0.305 e. The van der Waals surface area contributed by atoms with E-state index in [0.717, 1.165) is 34.3 Å². The standard InChI is InChI=1S/C24H18N4O/c25-15-17-5-4-8-21(13-17)28-23-10-9-20(14-19(23)16-26-28)27-22(11-12-24(27)29)18-6-2-1-3-7-18/h1-10,13-14,16,22H,11-12H2/t22-/m0/s1. The summed E-state index contributed by atoms with van der Waals surface area (Å²) in [4.78, 5) is 14.6. The minimum absolute atomic E-state index is 0.0588. The van der Waals surface area contributed by atoms with E-state index in [2.05, 4.69) is 23.3 Å². The highest BCUT2D eigenvalue weighted by Crippen LogP contribution is 2.38. The molecule has 0 saturated carbocycles. The predicted octanol–water partition coefficient (Wildman–Crippen LogP) is 4.77. The lowest BCUT2D eigenvalue weighted by Gasteiger charge is -2.25. The van der Waals surface area contributed by atoms with Gasteiger partial charge in [-0.25, -0.2) is 4.68 Å². The van der Waals surface area contributed by atoms with Gasteiger partial charge in [0.1, 0.15) is 0 Å². The van der Waals surface area contributed by atoms with Crippen LogP contribution in [0.25, 0.3) is 16.6 Å². The highest BCUT2D eigenvalue weighted by molar-refractivity contribution is 5.98. The summed E-state index contributed by atoms with van der Waals surface area (Å²) in [6, 6.07) is 25.8. The first kappa shape index (κ1) is 17.2. The van der Waals surface area contributed by atoms with Gasteiger partial charge in [0.25, 0.3) is 0 Å². The molecule has 5 heteroatoms. The third-order valence-corrected chi connectivity index (χ3v) is 5.45. The van der Waals surface area contributed by atoms with Gasteiger partial charge in [-0.2, -0.15) is 10.4 Å². The molecule has 5 rings (SSSR count). The molecule has 5 nitrogen and oxygen atoms in total. The first-order valence-corrected chi connectivity index (χ1v) is 9.60. The molecule has 1 fully saturated rings. The number of carbonyl (C=O) groups excluding carboxylic acids is 1. The van der Waals surface area contributed by atoms with E-state index in [1.807, 2.05) is 64.2 Å². The zero-order valence-electron chi connectivity index (χ0n) is 15.7. The van der Waals surface area contributed by atoms with Gasteiger partial charge in [0.2, 0.25) is 5.91 Å². The van der Waals surface area contributed by atoms with Gasteiger partial charge < -0.3 is 4.90 Å². The van der Waals surface area contributed by atoms with Crippen LogP contribution >= 0.6 is 0 Å². The molecule has 1 aliphatic rings. The summed E-state index contributed by atoms with van der Waals surface area (Å²) in [6.45, 7) is 0. The molecule has 140 valence electrons. The Morgan fingerprint density at radius 1 is 0.966 bits per heavy atom. The summed E-state index contributed by atoms with van der Waals surface area (Å²) >= 11 is 0. The van der Waals surface area contributed by atoms with Crippen molar-refractivity contribution < 1.29 is 4.79 Å². The number of carbonyl (C=O) groups is 1. The van der Waals surface area contributed by atoms with Crippen molar-refractivity contribution in [3.05, 3.63) is 90.1 Å². The van der Waals surface area contributed by atoms with Gasteiger partial charge >= 0.3 is 0 Å². The van der Waals surface area contributed by atoms with E-state index in [1.54, 1.807) is 12.3 Å². The van der Waals surface area contributed by atoms with Crippen LogP contribution in [0, 0.1) is 11.3 Å². The van der Waals surface area contributed by atoms with Crippen LogP contribution in [-0.2, 0) is 4.79 Å². The summed E-state index contributed by atoms with van der Waals surface area (Å²) in [7, 11) is 0. The summed E-state index contributed by atoms with van der Waals surface area (Å²) in [6.07, 6.45) is 3.18. The lowest BCUT2D eigenvalue weighted by molar-refractivity contribution is -0.117. The summed E-state index contributed by atoms with van der Waals surface area (Å²) in [5, 5.41) is 14.6. The molecule has 0 bridgehead atoms. The third-order valence-electron chi connectivity index (χ3n) is 5.45. The third kappa shape index (κ3) is 2.95. The molecule has 0 spiro atoms. The molecule has 1 amide bonds. The smallest absolute Gasteiger partial charge is 0.227 e. The van der Waals surface area contributed by atoms with Crippen molar-refractivity contribution in [2.24, 2.45) is 0 Å². The zero-order chi connectivity index (χ0) is 19.8. The summed E-state index contributed by atoms with van der Waals surface area (Å²) in [5.74, 6) is 0.146. The number of fused-ring (bicyclic) bond motifs is 1. The predicted molar refractivity (Wildman–Crippen MR) is 112 cm³/mol. The molecule has 0 radical (unpaired) electrons. The lowest BCUT2D eigenvalue weighted by atomic mass is 10.0. The molecular weight excluding hydrogens is 360 g/mol. The minimum atomic E-state index is 0.0588. The second-order valence-electron chi connectivity index (χ2n) is 7.19. The number of benzene rings is 3. The van der Waals surface area contributed by atoms with Gasteiger partial charge in [0, 0.05) is 17.5 Å². The number of hydrogen-bond donors (Lipinski definition) is 0. The molecule has 1 aromatic heterocycles. The first-order chi connectivity index (χ1) is 14.2. The van der Waals surface area contributed by atoms with Crippen LogP contribution in [0.15, 0.2) is 79.0 Å². The zero-order valence-corrected chi connectivity index (χ0v) is 15.7. The normalized spacial score (nSPS) is 16.3. The number of amides is 1. The highest BCUT2D eigenvalue weighted by Gasteiger charge is 2.33. The van der Waals surface area contributed by atoms with Gasteiger partial charge in [-0.05, 0) is 48.4 Å². The molecule has 2 heterocycles. The van der Waals surface area contributed by atoms with E-state index >= 15 is 0 Å². The van der Waals surface area contributed by atoms with Gasteiger partial charge in [-0.15, -0.1) is 0 Å². The van der Waals surface area contributed by atoms with E-state index < -0.39 is 0 Å². The molecule has 0 unspecified atom stereocenters. The van der Waals surface area contributed by atoms with E-state index in [9.17, 15) is 4.79 Å². The van der Waals surface area contributed by atoms with Crippen molar-refractivity contribution in [3.63, 3.8) is 0 Å². The van der Waals surface area contributed by atoms with Gasteiger partial charge in [0.15, 0.2) is 0 Å². The Balaban J connectivity index is 1.55. The van der Waals surface area contributed by atoms with Crippen LogP contribution in [0.2, 0.25) is 0 Å². The Labute approximate surface area is 168 Å². The molecule has 1 aliphatic heterocycles. The average molecular weight is 378 g/mol. The van der Waals surface area contributed by atoms with Crippen LogP contribution < -0.4 is 4.90 Å². The van der Waals surface area contributed by atoms with Crippen molar-refractivity contribution in [1.29, 1.82) is 5.26 Å². The van der Waals surface area contributed by atoms with Crippen LogP contribution in [0.3, 0.4) is 0 Å². The molecule has 0 N–H and O–H groups in total. The van der Waals surface area contributed by atoms with Crippen LogP contribution in [0.4, 0.5) is 5.69 Å². The maximum Gasteiger partial charge on any atom is 0.227 e. The fraction of sp³-hybridized carbons (Fsp3) is 0.125. The molecule has 3 aromatic carbocycles. The van der Waals surface area contributed by atoms with Crippen molar-refractivity contribution in [3.8, 4) is 11.8 Å². The Bertz CT molecular complexity index is 1250. The van der Waals surface area contributed by atoms with Crippen molar-refractivity contribution in [2.75, 3.05) is 4.90 Å². The van der Waals surface area contributed by atoms with E-state index in [-0.39, 0.29) is 11.9 Å². The largest absolute Gasteiger partial charge is 0.305 e. The number of nitriles is 1. The second kappa shape index (κ2) is 6.92. The summed E-state index contributed by atoms with van der Waals surface area (Å²) < 4.78 is 1.82. The van der Waals surface area contributed by atoms with Crippen LogP contribution in [-0.4, -0.2) is 15.7 Å². The highest BCUT2D eigenvalue weighted by atomic mass is 16.2. The van der Waals surface area contributed by atoms with E-state index in [1.165, 1.54) is 0 Å². The molecule has 4 aromatic rings. The maximum atomic E-state index is 12.7. The van der Waals surface area contributed by atoms with E-state index in [0.29, 0.717) is 12.0 Å². The quantitative estimate of drug-likeness (QED) is 0.516. The SMILES string of the molecule is N#Cc1cccc(-n2ncc3cc(N4C(=O)CC[C@H]4c4ccccc4)ccc32)c1. The Hall–Kier alpha value is -3.91. The second-order valence-corrected chi connectivity index (χ2v) is 7.19. The average Bonchev–Trinajstić information content (AvgIpc) is 3.37. The Morgan fingerprint density at radius 2 is 1.83 bits per heavy atom. The van der Waals surface area contributed by atoms with E-state index in [4.69, 9.17) is 5.26 Å². The first-order valence-electron chi connectivity index (χ1n) is 9.60. The fourth-order valence-corrected chi connectivity index (χ4v) is 4.08. The van der Waals surface area contributed by atoms with Gasteiger partial charge in [-0.1, -0.05) is 36.4 Å². The number of nitrogens with zero attached hydrogens (tertiary/aromatic N) is 4. The topological polar surface area (TPSA) is 61.9 Å². The number of anilines is 1.